The molecule has 104 valence electrons. The van der Waals surface area contributed by atoms with Crippen LogP contribution in [0.5, 0.6) is 0 Å². The van der Waals surface area contributed by atoms with Crippen molar-refractivity contribution >= 4 is 17.2 Å². The van der Waals surface area contributed by atoms with Crippen LogP contribution in [-0.2, 0) is 9.53 Å². The predicted octanol–water partition coefficient (Wildman–Crippen LogP) is 2.00. The van der Waals surface area contributed by atoms with Crippen LogP contribution in [0.15, 0.2) is 17.5 Å². The maximum Gasteiger partial charge on any atom is 0.238 e. The number of carbonyl (C=O) groups excluding carboxylic acids is 1. The van der Waals surface area contributed by atoms with Crippen molar-refractivity contribution in [1.29, 1.82) is 0 Å². The van der Waals surface area contributed by atoms with Crippen molar-refractivity contribution < 1.29 is 9.53 Å². The largest absolute Gasteiger partial charge is 0.385 e. The number of hydrogen-bond donors (Lipinski definition) is 1. The van der Waals surface area contributed by atoms with Crippen LogP contribution in [0.2, 0.25) is 0 Å². The van der Waals surface area contributed by atoms with Gasteiger partial charge in [-0.25, -0.2) is 0 Å². The fourth-order valence-electron chi connectivity index (χ4n) is 2.76. The molecule has 1 saturated carbocycles. The molecule has 1 N–H and O–H groups in total. The lowest BCUT2D eigenvalue weighted by atomic mass is 10.0. The van der Waals surface area contributed by atoms with Gasteiger partial charge in [0.15, 0.2) is 0 Å². The Bertz CT molecular complexity index is 442. The minimum absolute atomic E-state index is 0.0764. The number of carbonyl (C=O) groups is 1. The zero-order chi connectivity index (χ0) is 13.3. The smallest absolute Gasteiger partial charge is 0.238 e. The van der Waals surface area contributed by atoms with Gasteiger partial charge in [-0.15, -0.1) is 11.3 Å². The molecule has 0 spiro atoms. The molecular formula is C14H20N2O2S. The third-order valence-electron chi connectivity index (χ3n) is 4.19. The zero-order valence-corrected chi connectivity index (χ0v) is 12.0. The molecule has 4 nitrogen and oxygen atoms in total. The molecule has 2 heterocycles. The summed E-state index contributed by atoms with van der Waals surface area (Å²) in [5, 5.41) is 5.39. The maximum atomic E-state index is 12.1. The summed E-state index contributed by atoms with van der Waals surface area (Å²) in [5.74, 6) is 0.224. The summed E-state index contributed by atoms with van der Waals surface area (Å²) in [5.41, 5.74) is 0.313. The fourth-order valence-corrected chi connectivity index (χ4v) is 3.57. The lowest BCUT2D eigenvalue weighted by Crippen LogP contribution is -2.35. The number of nitrogens with zero attached hydrogens (tertiary/aromatic N) is 1. The van der Waals surface area contributed by atoms with Crippen LogP contribution in [-0.4, -0.2) is 37.6 Å². The van der Waals surface area contributed by atoms with Gasteiger partial charge >= 0.3 is 0 Å². The highest BCUT2D eigenvalue weighted by Gasteiger charge is 2.47. The average molecular weight is 280 g/mol. The maximum absolute atomic E-state index is 12.1. The van der Waals surface area contributed by atoms with Gasteiger partial charge in [-0.1, -0.05) is 6.07 Å². The van der Waals surface area contributed by atoms with Crippen LogP contribution in [0, 0.1) is 5.41 Å². The number of thiophene rings is 1. The van der Waals surface area contributed by atoms with Crippen LogP contribution < -0.4 is 5.32 Å². The Morgan fingerprint density at radius 2 is 2.42 bits per heavy atom. The molecule has 3 rings (SSSR count). The Balaban J connectivity index is 1.69. The molecular weight excluding hydrogens is 260 g/mol. The molecule has 1 saturated heterocycles. The van der Waals surface area contributed by atoms with E-state index < -0.39 is 0 Å². The highest BCUT2D eigenvalue weighted by Crippen LogP contribution is 2.50. The first-order chi connectivity index (χ1) is 9.24. The summed E-state index contributed by atoms with van der Waals surface area (Å²) in [7, 11) is 1.74. The summed E-state index contributed by atoms with van der Waals surface area (Å²) >= 11 is 1.71. The summed E-state index contributed by atoms with van der Waals surface area (Å²) in [4.78, 5) is 15.3. The highest BCUT2D eigenvalue weighted by molar-refractivity contribution is 7.10. The molecule has 1 aromatic heterocycles. The number of hydrogen-bond acceptors (Lipinski definition) is 4. The second-order valence-corrected chi connectivity index (χ2v) is 6.54. The first-order valence-corrected chi connectivity index (χ1v) is 7.67. The van der Waals surface area contributed by atoms with Gasteiger partial charge in [0.25, 0.3) is 0 Å². The van der Waals surface area contributed by atoms with E-state index >= 15 is 0 Å². The Kier molecular flexibility index (Phi) is 3.60. The van der Waals surface area contributed by atoms with Crippen molar-refractivity contribution in [2.45, 2.75) is 25.4 Å². The molecule has 5 heteroatoms. The number of amides is 1. The quantitative estimate of drug-likeness (QED) is 0.866. The minimum Gasteiger partial charge on any atom is -0.385 e. The standard InChI is InChI=1S/C14H20N2O2S/c1-18-7-6-14(4-5-14)10-16-12(17)9-15-13(16)11-3-2-8-19-11/h2-3,8,13,15H,4-7,9-10H2,1H3. The third-order valence-corrected chi connectivity index (χ3v) is 5.12. The molecule has 1 aromatic rings. The van der Waals surface area contributed by atoms with E-state index in [-0.39, 0.29) is 12.1 Å². The van der Waals surface area contributed by atoms with Crippen LogP contribution in [0.1, 0.15) is 30.3 Å². The van der Waals surface area contributed by atoms with E-state index in [9.17, 15) is 4.79 Å². The van der Waals surface area contributed by atoms with E-state index in [4.69, 9.17) is 4.74 Å². The van der Waals surface area contributed by atoms with Gasteiger partial charge in [-0.05, 0) is 36.1 Å². The highest BCUT2D eigenvalue weighted by atomic mass is 32.1. The molecule has 1 atom stereocenters. The minimum atomic E-state index is 0.0764. The Hall–Kier alpha value is -0.910. The van der Waals surface area contributed by atoms with Crippen molar-refractivity contribution in [2.24, 2.45) is 5.41 Å². The molecule has 1 unspecified atom stereocenters. The van der Waals surface area contributed by atoms with Gasteiger partial charge in [0.1, 0.15) is 6.17 Å². The number of rotatable bonds is 6. The van der Waals surface area contributed by atoms with Gasteiger partial charge in [-0.2, -0.15) is 0 Å². The van der Waals surface area contributed by atoms with E-state index in [0.717, 1.165) is 19.6 Å². The lowest BCUT2D eigenvalue weighted by Gasteiger charge is -2.28. The van der Waals surface area contributed by atoms with Crippen molar-refractivity contribution in [3.05, 3.63) is 22.4 Å². The van der Waals surface area contributed by atoms with Gasteiger partial charge in [0, 0.05) is 25.1 Å². The van der Waals surface area contributed by atoms with E-state index in [0.29, 0.717) is 12.0 Å². The van der Waals surface area contributed by atoms with Crippen molar-refractivity contribution in [1.82, 2.24) is 10.2 Å². The van der Waals surface area contributed by atoms with Crippen molar-refractivity contribution in [3.8, 4) is 0 Å². The molecule has 0 bridgehead atoms. The second kappa shape index (κ2) is 5.23. The molecule has 0 radical (unpaired) electrons. The first-order valence-electron chi connectivity index (χ1n) is 6.79. The summed E-state index contributed by atoms with van der Waals surface area (Å²) in [6.45, 7) is 2.12. The topological polar surface area (TPSA) is 41.6 Å². The summed E-state index contributed by atoms with van der Waals surface area (Å²) in [6.07, 6.45) is 3.58. The summed E-state index contributed by atoms with van der Waals surface area (Å²) in [6, 6.07) is 4.14. The Labute approximate surface area is 117 Å². The molecule has 1 aliphatic heterocycles. The monoisotopic (exact) mass is 280 g/mol. The van der Waals surface area contributed by atoms with Gasteiger partial charge in [0.2, 0.25) is 5.91 Å². The van der Waals surface area contributed by atoms with Gasteiger partial charge in [-0.3, -0.25) is 10.1 Å². The molecule has 2 fully saturated rings. The van der Waals surface area contributed by atoms with Gasteiger partial charge in [0.05, 0.1) is 6.54 Å². The number of ether oxygens (including phenoxy) is 1. The fraction of sp³-hybridized carbons (Fsp3) is 0.643. The normalized spacial score (nSPS) is 25.0. The lowest BCUT2D eigenvalue weighted by molar-refractivity contribution is -0.129. The third kappa shape index (κ3) is 2.68. The molecule has 0 aromatic carbocycles. The Morgan fingerprint density at radius 3 is 3.05 bits per heavy atom. The van der Waals surface area contributed by atoms with E-state index in [2.05, 4.69) is 16.8 Å². The van der Waals surface area contributed by atoms with Crippen LogP contribution >= 0.6 is 11.3 Å². The molecule has 1 amide bonds. The van der Waals surface area contributed by atoms with Crippen LogP contribution in [0.3, 0.4) is 0 Å². The Morgan fingerprint density at radius 1 is 1.58 bits per heavy atom. The summed E-state index contributed by atoms with van der Waals surface area (Å²) < 4.78 is 5.19. The zero-order valence-electron chi connectivity index (χ0n) is 11.2. The number of nitrogens with one attached hydrogen (secondary N) is 1. The average Bonchev–Trinajstić information content (AvgIpc) is 2.82. The molecule has 19 heavy (non-hydrogen) atoms. The van der Waals surface area contributed by atoms with E-state index in [1.165, 1.54) is 17.7 Å². The van der Waals surface area contributed by atoms with Gasteiger partial charge < -0.3 is 9.64 Å². The molecule has 2 aliphatic rings. The number of methoxy groups -OCH3 is 1. The van der Waals surface area contributed by atoms with Crippen molar-refractivity contribution in [2.75, 3.05) is 26.8 Å². The second-order valence-electron chi connectivity index (χ2n) is 5.56. The first kappa shape index (κ1) is 13.1. The van der Waals surface area contributed by atoms with E-state index in [1.807, 2.05) is 11.0 Å². The SMILES string of the molecule is COCCC1(CN2C(=O)CNC2c2cccs2)CC1. The predicted molar refractivity (Wildman–Crippen MR) is 74.9 cm³/mol. The van der Waals surface area contributed by atoms with E-state index in [1.54, 1.807) is 18.4 Å². The van der Waals surface area contributed by atoms with Crippen molar-refractivity contribution in [3.63, 3.8) is 0 Å². The molecule has 1 aliphatic carbocycles. The van der Waals surface area contributed by atoms with Crippen LogP contribution in [0.25, 0.3) is 0 Å². The van der Waals surface area contributed by atoms with Crippen LogP contribution in [0.4, 0.5) is 0 Å².